The summed E-state index contributed by atoms with van der Waals surface area (Å²) in [4.78, 5) is 30.0. The van der Waals surface area contributed by atoms with E-state index in [1.54, 1.807) is 6.33 Å². The fourth-order valence-electron chi connectivity index (χ4n) is 3.74. The first-order chi connectivity index (χ1) is 12.7. The molecule has 0 radical (unpaired) electrons. The number of imidazole rings is 1. The summed E-state index contributed by atoms with van der Waals surface area (Å²) in [7, 11) is 0. The number of carboxylic acid groups (broad SMARTS) is 1. The summed E-state index contributed by atoms with van der Waals surface area (Å²) >= 11 is 0. The first-order valence-corrected chi connectivity index (χ1v) is 8.84. The van der Waals surface area contributed by atoms with Crippen molar-refractivity contribution in [2.75, 3.05) is 18.0 Å². The number of fused-ring (bicyclic) bond motifs is 1. The second-order valence-electron chi connectivity index (χ2n) is 6.86. The molecule has 0 amide bonds. The predicted molar refractivity (Wildman–Crippen MR) is 98.0 cm³/mol. The lowest BCUT2D eigenvalue weighted by Crippen LogP contribution is -2.45. The molecule has 7 nitrogen and oxygen atoms in total. The highest BCUT2D eigenvalue weighted by molar-refractivity contribution is 5.83. The number of nitrogens with one attached hydrogen (secondary N) is 1. The van der Waals surface area contributed by atoms with Crippen molar-refractivity contribution >= 4 is 23.0 Å². The van der Waals surface area contributed by atoms with Crippen molar-refractivity contribution in [3.8, 4) is 0 Å². The number of hydrogen-bond acceptors (Lipinski definition) is 5. The van der Waals surface area contributed by atoms with Crippen LogP contribution in [0.5, 0.6) is 0 Å². The molecule has 26 heavy (non-hydrogen) atoms. The molecule has 1 fully saturated rings. The molecule has 3 aromatic rings. The van der Waals surface area contributed by atoms with E-state index in [1.165, 1.54) is 11.9 Å². The van der Waals surface area contributed by atoms with Gasteiger partial charge in [-0.2, -0.15) is 0 Å². The van der Waals surface area contributed by atoms with Gasteiger partial charge < -0.3 is 15.0 Å². The van der Waals surface area contributed by atoms with Crippen molar-refractivity contribution in [1.29, 1.82) is 0 Å². The Hall–Kier alpha value is -2.96. The van der Waals surface area contributed by atoms with Crippen LogP contribution in [0.1, 0.15) is 24.8 Å². The molecule has 2 aromatic heterocycles. The number of hydrogen-bond donors (Lipinski definition) is 2. The van der Waals surface area contributed by atoms with Crippen LogP contribution in [0.4, 0.5) is 5.82 Å². The first kappa shape index (κ1) is 16.5. The van der Waals surface area contributed by atoms with Crippen molar-refractivity contribution < 1.29 is 9.90 Å². The van der Waals surface area contributed by atoms with E-state index >= 15 is 0 Å². The van der Waals surface area contributed by atoms with Gasteiger partial charge in [-0.3, -0.25) is 4.79 Å². The van der Waals surface area contributed by atoms with E-state index < -0.39 is 11.4 Å². The Morgan fingerprint density at radius 1 is 1.15 bits per heavy atom. The van der Waals surface area contributed by atoms with E-state index in [9.17, 15) is 9.90 Å². The number of aromatic amines is 1. The van der Waals surface area contributed by atoms with E-state index in [4.69, 9.17) is 0 Å². The Morgan fingerprint density at radius 2 is 1.92 bits per heavy atom. The molecule has 0 aliphatic carbocycles. The Bertz CT molecular complexity index is 900. The van der Waals surface area contributed by atoms with Gasteiger partial charge in [0.15, 0.2) is 11.5 Å². The standard InChI is InChI=1S/C19H21N5O2/c25-18(26)19(7-6-14-4-2-1-3-5-14)8-10-24(11-9-19)17-15-16(21-12-20-15)22-13-23-17/h1-5,12-13H,6-11H2,(H,25,26)(H,20,21,22,23). The van der Waals surface area contributed by atoms with Gasteiger partial charge in [-0.25, -0.2) is 15.0 Å². The number of anilines is 1. The maximum Gasteiger partial charge on any atom is 0.309 e. The molecule has 0 unspecified atom stereocenters. The molecule has 0 spiro atoms. The van der Waals surface area contributed by atoms with Crippen molar-refractivity contribution in [3.63, 3.8) is 0 Å². The lowest BCUT2D eigenvalue weighted by Gasteiger charge is -2.39. The number of carboxylic acids is 1. The predicted octanol–water partition coefficient (Wildman–Crippen LogP) is 2.66. The van der Waals surface area contributed by atoms with E-state index in [1.807, 2.05) is 18.2 Å². The van der Waals surface area contributed by atoms with Gasteiger partial charge in [-0.15, -0.1) is 0 Å². The average molecular weight is 351 g/mol. The quantitative estimate of drug-likeness (QED) is 0.734. The van der Waals surface area contributed by atoms with Gasteiger partial charge >= 0.3 is 5.97 Å². The molecule has 134 valence electrons. The van der Waals surface area contributed by atoms with Crippen LogP contribution in [-0.4, -0.2) is 44.1 Å². The van der Waals surface area contributed by atoms with E-state index in [0.717, 1.165) is 17.8 Å². The number of nitrogens with zero attached hydrogens (tertiary/aromatic N) is 4. The molecule has 1 saturated heterocycles. The second-order valence-corrected chi connectivity index (χ2v) is 6.86. The van der Waals surface area contributed by atoms with Crippen molar-refractivity contribution in [3.05, 3.63) is 48.5 Å². The zero-order valence-electron chi connectivity index (χ0n) is 14.4. The van der Waals surface area contributed by atoms with Gasteiger partial charge in [0.2, 0.25) is 0 Å². The molecule has 3 heterocycles. The molecule has 7 heteroatoms. The largest absolute Gasteiger partial charge is 0.481 e. The van der Waals surface area contributed by atoms with Crippen LogP contribution in [0, 0.1) is 5.41 Å². The highest BCUT2D eigenvalue weighted by Gasteiger charge is 2.41. The summed E-state index contributed by atoms with van der Waals surface area (Å²) in [6, 6.07) is 10.1. The number of benzene rings is 1. The number of piperidine rings is 1. The third kappa shape index (κ3) is 3.00. The van der Waals surface area contributed by atoms with Gasteiger partial charge in [0.05, 0.1) is 11.7 Å². The third-order valence-electron chi connectivity index (χ3n) is 5.41. The number of aromatic nitrogens is 4. The Balaban J connectivity index is 1.49. The van der Waals surface area contributed by atoms with Crippen LogP contribution in [-0.2, 0) is 11.2 Å². The van der Waals surface area contributed by atoms with Crippen LogP contribution >= 0.6 is 0 Å². The summed E-state index contributed by atoms with van der Waals surface area (Å²) in [5.74, 6) is 0.108. The minimum Gasteiger partial charge on any atom is -0.481 e. The minimum atomic E-state index is -0.692. The first-order valence-electron chi connectivity index (χ1n) is 8.84. The van der Waals surface area contributed by atoms with Crippen LogP contribution in [0.15, 0.2) is 43.0 Å². The van der Waals surface area contributed by atoms with Crippen LogP contribution in [0.25, 0.3) is 11.2 Å². The minimum absolute atomic E-state index is 0.606. The average Bonchev–Trinajstić information content (AvgIpc) is 3.16. The van der Waals surface area contributed by atoms with E-state index in [-0.39, 0.29) is 0 Å². The van der Waals surface area contributed by atoms with Crippen molar-refractivity contribution in [2.24, 2.45) is 5.41 Å². The van der Waals surface area contributed by atoms with Gasteiger partial charge in [-0.05, 0) is 31.2 Å². The number of rotatable bonds is 5. The molecule has 4 rings (SSSR count). The molecule has 0 bridgehead atoms. The normalized spacial score (nSPS) is 16.7. The van der Waals surface area contributed by atoms with E-state index in [2.05, 4.69) is 37.0 Å². The number of aryl methyl sites for hydroxylation is 1. The molecule has 0 atom stereocenters. The molecule has 1 aliphatic rings. The summed E-state index contributed by atoms with van der Waals surface area (Å²) in [5.41, 5.74) is 1.95. The fourth-order valence-corrected chi connectivity index (χ4v) is 3.74. The molecule has 1 aromatic carbocycles. The van der Waals surface area contributed by atoms with Crippen LogP contribution < -0.4 is 4.90 Å². The van der Waals surface area contributed by atoms with Crippen LogP contribution in [0.2, 0.25) is 0 Å². The number of carbonyl (C=O) groups is 1. The number of H-pyrrole nitrogens is 1. The van der Waals surface area contributed by atoms with Gasteiger partial charge in [-0.1, -0.05) is 30.3 Å². The van der Waals surface area contributed by atoms with Gasteiger partial charge in [0, 0.05) is 13.1 Å². The van der Waals surface area contributed by atoms with Crippen LogP contribution in [0.3, 0.4) is 0 Å². The summed E-state index contributed by atoms with van der Waals surface area (Å²) in [6.45, 7) is 1.32. The maximum atomic E-state index is 12.1. The Labute approximate surface area is 151 Å². The Morgan fingerprint density at radius 3 is 2.65 bits per heavy atom. The summed E-state index contributed by atoms with van der Waals surface area (Å²) < 4.78 is 0. The zero-order valence-corrected chi connectivity index (χ0v) is 14.4. The third-order valence-corrected chi connectivity index (χ3v) is 5.41. The Kier molecular flexibility index (Phi) is 4.28. The zero-order chi connectivity index (χ0) is 18.0. The monoisotopic (exact) mass is 351 g/mol. The van der Waals surface area contributed by atoms with Gasteiger partial charge in [0.25, 0.3) is 0 Å². The molecular formula is C19H21N5O2. The summed E-state index contributed by atoms with van der Waals surface area (Å²) in [6.07, 6.45) is 5.76. The lowest BCUT2D eigenvalue weighted by molar-refractivity contribution is -0.150. The smallest absolute Gasteiger partial charge is 0.309 e. The molecule has 0 saturated carbocycles. The molecule has 1 aliphatic heterocycles. The lowest BCUT2D eigenvalue weighted by atomic mass is 9.74. The molecule has 2 N–H and O–H groups in total. The molecular weight excluding hydrogens is 330 g/mol. The van der Waals surface area contributed by atoms with E-state index in [0.29, 0.717) is 38.0 Å². The van der Waals surface area contributed by atoms with Crippen molar-refractivity contribution in [1.82, 2.24) is 19.9 Å². The second kappa shape index (κ2) is 6.74. The summed E-state index contributed by atoms with van der Waals surface area (Å²) in [5, 5.41) is 9.90. The maximum absolute atomic E-state index is 12.1. The highest BCUT2D eigenvalue weighted by Crippen LogP contribution is 2.38. The fraction of sp³-hybridized carbons (Fsp3) is 0.368. The van der Waals surface area contributed by atoms with Gasteiger partial charge in [0.1, 0.15) is 11.8 Å². The topological polar surface area (TPSA) is 95.0 Å². The SMILES string of the molecule is O=C(O)C1(CCc2ccccc2)CCN(c2ncnc3nc[nH]c23)CC1. The number of aliphatic carboxylic acids is 1. The van der Waals surface area contributed by atoms with Crippen molar-refractivity contribution in [2.45, 2.75) is 25.7 Å². The highest BCUT2D eigenvalue weighted by atomic mass is 16.4.